The molecule has 0 bridgehead atoms. The van der Waals surface area contributed by atoms with Gasteiger partial charge in [-0.1, -0.05) is 27.7 Å². The maximum absolute atomic E-state index is 9.37. The fourth-order valence-electron chi connectivity index (χ4n) is 1.97. The standard InChI is InChI=1S/C14H32O2Si/c1-11(9-12(2)15)10-13(3)16-17(7,8)14(4,5)6/h11-13,15H,9-10H2,1-8H3/t11-,12+,13+/m0/s1. The van der Waals surface area contributed by atoms with Gasteiger partial charge in [0.2, 0.25) is 0 Å². The molecule has 0 saturated heterocycles. The highest BCUT2D eigenvalue weighted by atomic mass is 28.4. The largest absolute Gasteiger partial charge is 0.414 e. The molecule has 3 atom stereocenters. The third-order valence-corrected chi connectivity index (χ3v) is 8.38. The summed E-state index contributed by atoms with van der Waals surface area (Å²) in [5, 5.41) is 9.64. The number of aliphatic hydroxyl groups excluding tert-OH is 1. The summed E-state index contributed by atoms with van der Waals surface area (Å²) < 4.78 is 6.31. The zero-order valence-corrected chi connectivity index (χ0v) is 14.0. The third-order valence-electron chi connectivity index (χ3n) is 3.78. The maximum Gasteiger partial charge on any atom is 0.192 e. The summed E-state index contributed by atoms with van der Waals surface area (Å²) in [6.07, 6.45) is 2.00. The molecular weight excluding hydrogens is 228 g/mol. The molecule has 0 unspecified atom stereocenters. The lowest BCUT2D eigenvalue weighted by Gasteiger charge is -2.39. The minimum Gasteiger partial charge on any atom is -0.414 e. The Morgan fingerprint density at radius 1 is 1.06 bits per heavy atom. The number of hydrogen-bond acceptors (Lipinski definition) is 2. The minimum absolute atomic E-state index is 0.204. The van der Waals surface area contributed by atoms with E-state index >= 15 is 0 Å². The van der Waals surface area contributed by atoms with E-state index in [1.807, 2.05) is 6.92 Å². The van der Waals surface area contributed by atoms with Crippen LogP contribution in [0.1, 0.15) is 54.4 Å². The van der Waals surface area contributed by atoms with Crippen LogP contribution in [0.2, 0.25) is 18.1 Å². The Labute approximate surface area is 109 Å². The molecule has 0 heterocycles. The predicted molar refractivity (Wildman–Crippen MR) is 77.8 cm³/mol. The topological polar surface area (TPSA) is 29.5 Å². The van der Waals surface area contributed by atoms with Crippen LogP contribution in [0.15, 0.2) is 0 Å². The van der Waals surface area contributed by atoms with Crippen molar-refractivity contribution in [2.45, 2.75) is 84.7 Å². The highest BCUT2D eigenvalue weighted by molar-refractivity contribution is 6.74. The fraction of sp³-hybridized carbons (Fsp3) is 1.00. The minimum atomic E-state index is -1.64. The highest BCUT2D eigenvalue weighted by Crippen LogP contribution is 2.37. The first-order valence-corrected chi connectivity index (χ1v) is 9.72. The van der Waals surface area contributed by atoms with E-state index in [1.165, 1.54) is 0 Å². The second-order valence-corrected chi connectivity index (χ2v) is 11.9. The zero-order valence-electron chi connectivity index (χ0n) is 13.0. The van der Waals surface area contributed by atoms with Crippen LogP contribution in [0.25, 0.3) is 0 Å². The highest BCUT2D eigenvalue weighted by Gasteiger charge is 2.38. The lowest BCUT2D eigenvalue weighted by Crippen LogP contribution is -2.43. The van der Waals surface area contributed by atoms with Gasteiger partial charge < -0.3 is 9.53 Å². The lowest BCUT2D eigenvalue weighted by molar-refractivity contribution is 0.129. The maximum atomic E-state index is 9.37. The molecule has 0 aromatic carbocycles. The molecule has 0 aromatic rings. The van der Waals surface area contributed by atoms with Gasteiger partial charge in [-0.3, -0.25) is 0 Å². The van der Waals surface area contributed by atoms with Gasteiger partial charge in [0.25, 0.3) is 0 Å². The summed E-state index contributed by atoms with van der Waals surface area (Å²) in [6.45, 7) is 17.6. The molecule has 0 spiro atoms. The molecule has 3 heteroatoms. The Balaban J connectivity index is 4.22. The van der Waals surface area contributed by atoms with Crippen molar-refractivity contribution in [3.8, 4) is 0 Å². The Hall–Kier alpha value is 0.137. The molecule has 17 heavy (non-hydrogen) atoms. The average Bonchev–Trinajstić information content (AvgIpc) is 1.96. The zero-order chi connectivity index (χ0) is 13.9. The normalized spacial score (nSPS) is 18.9. The van der Waals surface area contributed by atoms with Gasteiger partial charge in [-0.05, 0) is 50.7 Å². The first kappa shape index (κ1) is 17.1. The molecule has 0 rings (SSSR count). The van der Waals surface area contributed by atoms with E-state index in [-0.39, 0.29) is 11.1 Å². The second-order valence-electron chi connectivity index (χ2n) is 7.11. The summed E-state index contributed by atoms with van der Waals surface area (Å²) in [6, 6.07) is 0. The summed E-state index contributed by atoms with van der Waals surface area (Å²) >= 11 is 0. The number of aliphatic hydroxyl groups is 1. The number of hydrogen-bond donors (Lipinski definition) is 1. The van der Waals surface area contributed by atoms with Gasteiger partial charge in [0.1, 0.15) is 0 Å². The predicted octanol–water partition coefficient (Wildman–Crippen LogP) is 4.19. The van der Waals surface area contributed by atoms with Crippen LogP contribution in [0.4, 0.5) is 0 Å². The molecule has 0 aliphatic carbocycles. The summed E-state index contributed by atoms with van der Waals surface area (Å²) in [5.74, 6) is 0.523. The van der Waals surface area contributed by atoms with Crippen LogP contribution in [0.5, 0.6) is 0 Å². The average molecular weight is 260 g/mol. The van der Waals surface area contributed by atoms with Crippen molar-refractivity contribution >= 4 is 8.32 Å². The van der Waals surface area contributed by atoms with Crippen molar-refractivity contribution in [3.05, 3.63) is 0 Å². The van der Waals surface area contributed by atoms with Crippen molar-refractivity contribution in [1.29, 1.82) is 0 Å². The number of rotatable bonds is 6. The third kappa shape index (κ3) is 6.58. The van der Waals surface area contributed by atoms with Crippen LogP contribution >= 0.6 is 0 Å². The van der Waals surface area contributed by atoms with E-state index in [0.717, 1.165) is 12.8 Å². The van der Waals surface area contributed by atoms with E-state index in [1.54, 1.807) is 0 Å². The van der Waals surface area contributed by atoms with Gasteiger partial charge in [0.05, 0.1) is 6.10 Å². The molecule has 1 N–H and O–H groups in total. The summed E-state index contributed by atoms with van der Waals surface area (Å²) in [7, 11) is -1.64. The summed E-state index contributed by atoms with van der Waals surface area (Å²) in [4.78, 5) is 0. The van der Waals surface area contributed by atoms with E-state index in [9.17, 15) is 5.11 Å². The van der Waals surface area contributed by atoms with Gasteiger partial charge in [-0.15, -0.1) is 0 Å². The van der Waals surface area contributed by atoms with Gasteiger partial charge in [0, 0.05) is 6.10 Å². The molecule has 0 aliphatic rings. The van der Waals surface area contributed by atoms with Gasteiger partial charge >= 0.3 is 0 Å². The quantitative estimate of drug-likeness (QED) is 0.726. The van der Waals surface area contributed by atoms with Crippen molar-refractivity contribution in [2.75, 3.05) is 0 Å². The van der Waals surface area contributed by atoms with E-state index in [0.29, 0.717) is 12.0 Å². The Bertz CT molecular complexity index is 219. The van der Waals surface area contributed by atoms with Crippen LogP contribution in [0.3, 0.4) is 0 Å². The fourth-order valence-corrected chi connectivity index (χ4v) is 3.43. The van der Waals surface area contributed by atoms with Crippen molar-refractivity contribution in [2.24, 2.45) is 5.92 Å². The van der Waals surface area contributed by atoms with Gasteiger partial charge in [0.15, 0.2) is 8.32 Å². The van der Waals surface area contributed by atoms with Crippen LogP contribution < -0.4 is 0 Å². The van der Waals surface area contributed by atoms with Gasteiger partial charge in [-0.25, -0.2) is 0 Å². The Morgan fingerprint density at radius 3 is 1.88 bits per heavy atom. The molecule has 2 nitrogen and oxygen atoms in total. The Morgan fingerprint density at radius 2 is 1.53 bits per heavy atom. The smallest absolute Gasteiger partial charge is 0.192 e. The summed E-state index contributed by atoms with van der Waals surface area (Å²) in [5.41, 5.74) is 0. The van der Waals surface area contributed by atoms with Crippen molar-refractivity contribution < 1.29 is 9.53 Å². The van der Waals surface area contributed by atoms with Crippen LogP contribution in [0, 0.1) is 5.92 Å². The molecule has 104 valence electrons. The molecule has 0 aromatic heterocycles. The molecule has 0 saturated carbocycles. The van der Waals surface area contributed by atoms with Crippen LogP contribution in [-0.2, 0) is 4.43 Å². The molecular formula is C14H32O2Si. The first-order chi connectivity index (χ1) is 7.45. The van der Waals surface area contributed by atoms with E-state index < -0.39 is 8.32 Å². The second kappa shape index (κ2) is 6.35. The first-order valence-electron chi connectivity index (χ1n) is 6.81. The molecule has 0 aliphatic heterocycles. The van der Waals surface area contributed by atoms with E-state index in [2.05, 4.69) is 47.7 Å². The van der Waals surface area contributed by atoms with Gasteiger partial charge in [-0.2, -0.15) is 0 Å². The molecule has 0 radical (unpaired) electrons. The SMILES string of the molecule is C[C@H](C[C@@H](C)O[Si](C)(C)C(C)(C)C)C[C@@H](C)O. The van der Waals surface area contributed by atoms with Crippen molar-refractivity contribution in [3.63, 3.8) is 0 Å². The molecule has 0 amide bonds. The lowest BCUT2D eigenvalue weighted by atomic mass is 9.98. The molecule has 0 fully saturated rings. The van der Waals surface area contributed by atoms with Crippen molar-refractivity contribution in [1.82, 2.24) is 0 Å². The Kier molecular flexibility index (Phi) is 6.40. The van der Waals surface area contributed by atoms with Crippen LogP contribution in [-0.4, -0.2) is 25.6 Å². The van der Waals surface area contributed by atoms with E-state index in [4.69, 9.17) is 4.43 Å². The monoisotopic (exact) mass is 260 g/mol.